The molecule has 1 amide bonds. The van der Waals surface area contributed by atoms with Gasteiger partial charge < -0.3 is 9.88 Å². The Morgan fingerprint density at radius 1 is 1.07 bits per heavy atom. The van der Waals surface area contributed by atoms with Gasteiger partial charge in [0.15, 0.2) is 5.65 Å². The first-order valence-electron chi connectivity index (χ1n) is 8.29. The minimum Gasteiger partial charge on any atom is -0.346 e. The minimum atomic E-state index is -0.259. The molecule has 4 aromatic heterocycles. The molecule has 0 saturated heterocycles. The molecule has 0 aliphatic heterocycles. The van der Waals surface area contributed by atoms with E-state index in [0.717, 1.165) is 5.69 Å². The summed E-state index contributed by atoms with van der Waals surface area (Å²) in [6.07, 6.45) is 6.61. The van der Waals surface area contributed by atoms with Gasteiger partial charge in [-0.3, -0.25) is 14.8 Å². The van der Waals surface area contributed by atoms with Crippen LogP contribution in [0.4, 0.5) is 0 Å². The van der Waals surface area contributed by atoms with Crippen molar-refractivity contribution >= 4 is 28.7 Å². The highest BCUT2D eigenvalue weighted by Crippen LogP contribution is 2.15. The van der Waals surface area contributed by atoms with Crippen molar-refractivity contribution in [2.75, 3.05) is 0 Å². The van der Waals surface area contributed by atoms with Crippen molar-refractivity contribution in [3.05, 3.63) is 83.3 Å². The van der Waals surface area contributed by atoms with Crippen molar-refractivity contribution in [3.8, 4) is 0 Å². The van der Waals surface area contributed by atoms with Crippen LogP contribution in [0, 0.1) is 0 Å². The SMILES string of the molecule is O=C(NCc1ncccc1Cl)c1cnc2c(c1)ncn2Cc1ccccn1. The lowest BCUT2D eigenvalue weighted by Crippen LogP contribution is -2.23. The maximum atomic E-state index is 12.4. The largest absolute Gasteiger partial charge is 0.346 e. The van der Waals surface area contributed by atoms with Crippen molar-refractivity contribution in [1.82, 2.24) is 29.8 Å². The molecule has 0 bridgehead atoms. The summed E-state index contributed by atoms with van der Waals surface area (Å²) in [6.45, 7) is 0.804. The number of imidazole rings is 1. The van der Waals surface area contributed by atoms with Crippen LogP contribution in [0.2, 0.25) is 5.02 Å². The fraction of sp³-hybridized carbons (Fsp3) is 0.105. The second-order valence-electron chi connectivity index (χ2n) is 5.87. The van der Waals surface area contributed by atoms with Gasteiger partial charge in [-0.05, 0) is 30.3 Å². The lowest BCUT2D eigenvalue weighted by atomic mass is 10.2. The molecule has 0 aromatic carbocycles. The molecular formula is C19H15ClN6O. The number of hydrogen-bond acceptors (Lipinski definition) is 5. The molecule has 4 rings (SSSR count). The molecule has 0 saturated carbocycles. The quantitative estimate of drug-likeness (QED) is 0.577. The van der Waals surface area contributed by atoms with Crippen LogP contribution in [-0.4, -0.2) is 30.4 Å². The molecule has 0 fully saturated rings. The van der Waals surface area contributed by atoms with Gasteiger partial charge in [0, 0.05) is 18.6 Å². The van der Waals surface area contributed by atoms with E-state index in [2.05, 4.69) is 25.3 Å². The second kappa shape index (κ2) is 7.51. The van der Waals surface area contributed by atoms with Crippen molar-refractivity contribution in [3.63, 3.8) is 0 Å². The number of nitrogens with one attached hydrogen (secondary N) is 1. The summed E-state index contributed by atoms with van der Waals surface area (Å²) < 4.78 is 1.90. The summed E-state index contributed by atoms with van der Waals surface area (Å²) in [7, 11) is 0. The summed E-state index contributed by atoms with van der Waals surface area (Å²) in [6, 6.07) is 10.9. The topological polar surface area (TPSA) is 85.6 Å². The van der Waals surface area contributed by atoms with E-state index in [1.54, 1.807) is 36.9 Å². The van der Waals surface area contributed by atoms with Crippen molar-refractivity contribution < 1.29 is 4.79 Å². The zero-order valence-electron chi connectivity index (χ0n) is 14.2. The number of pyridine rings is 3. The van der Waals surface area contributed by atoms with Gasteiger partial charge in [-0.15, -0.1) is 0 Å². The molecule has 0 aliphatic carbocycles. The van der Waals surface area contributed by atoms with Gasteiger partial charge in [-0.2, -0.15) is 0 Å². The Balaban J connectivity index is 1.50. The highest BCUT2D eigenvalue weighted by atomic mass is 35.5. The third-order valence-electron chi connectivity index (χ3n) is 4.03. The first kappa shape index (κ1) is 17.1. The Labute approximate surface area is 160 Å². The third-order valence-corrected chi connectivity index (χ3v) is 4.37. The minimum absolute atomic E-state index is 0.241. The smallest absolute Gasteiger partial charge is 0.253 e. The van der Waals surface area contributed by atoms with Crippen molar-refractivity contribution in [2.24, 2.45) is 0 Å². The van der Waals surface area contributed by atoms with Gasteiger partial charge in [0.1, 0.15) is 5.52 Å². The Morgan fingerprint density at radius 2 is 1.96 bits per heavy atom. The van der Waals surface area contributed by atoms with Crippen LogP contribution in [0.1, 0.15) is 21.7 Å². The number of rotatable bonds is 5. The fourth-order valence-corrected chi connectivity index (χ4v) is 2.86. The van der Waals surface area contributed by atoms with E-state index in [0.29, 0.717) is 34.0 Å². The zero-order valence-corrected chi connectivity index (χ0v) is 15.0. The van der Waals surface area contributed by atoms with E-state index in [1.807, 2.05) is 22.8 Å². The molecule has 0 unspecified atom stereocenters. The molecule has 27 heavy (non-hydrogen) atoms. The number of carbonyl (C=O) groups is 1. The molecule has 0 radical (unpaired) electrons. The fourth-order valence-electron chi connectivity index (χ4n) is 2.67. The molecule has 134 valence electrons. The lowest BCUT2D eigenvalue weighted by Gasteiger charge is -2.06. The average Bonchev–Trinajstić information content (AvgIpc) is 3.10. The van der Waals surface area contributed by atoms with Gasteiger partial charge in [0.25, 0.3) is 5.91 Å². The normalized spacial score (nSPS) is 10.9. The Bertz CT molecular complexity index is 1100. The number of carbonyl (C=O) groups excluding carboxylic acids is 1. The number of amides is 1. The van der Waals surface area contributed by atoms with E-state index in [9.17, 15) is 4.79 Å². The molecule has 0 atom stereocenters. The maximum Gasteiger partial charge on any atom is 0.253 e. The number of aromatic nitrogens is 5. The number of nitrogens with zero attached hydrogens (tertiary/aromatic N) is 5. The van der Waals surface area contributed by atoms with E-state index in [4.69, 9.17) is 11.6 Å². The van der Waals surface area contributed by atoms with Gasteiger partial charge in [0.05, 0.1) is 41.4 Å². The van der Waals surface area contributed by atoms with Gasteiger partial charge in [-0.1, -0.05) is 17.7 Å². The molecule has 7 nitrogen and oxygen atoms in total. The number of hydrogen-bond donors (Lipinski definition) is 1. The first-order valence-corrected chi connectivity index (χ1v) is 8.67. The number of halogens is 1. The van der Waals surface area contributed by atoms with Crippen LogP contribution in [-0.2, 0) is 13.1 Å². The van der Waals surface area contributed by atoms with Gasteiger partial charge in [0.2, 0.25) is 0 Å². The van der Waals surface area contributed by atoms with Crippen LogP contribution in [0.15, 0.2) is 61.3 Å². The predicted octanol–water partition coefficient (Wildman–Crippen LogP) is 2.85. The summed E-state index contributed by atoms with van der Waals surface area (Å²) >= 11 is 6.06. The highest BCUT2D eigenvalue weighted by molar-refractivity contribution is 6.31. The third kappa shape index (κ3) is 3.78. The highest BCUT2D eigenvalue weighted by Gasteiger charge is 2.12. The zero-order chi connectivity index (χ0) is 18.6. The lowest BCUT2D eigenvalue weighted by molar-refractivity contribution is 0.0950. The molecule has 4 aromatic rings. The predicted molar refractivity (Wildman–Crippen MR) is 101 cm³/mol. The maximum absolute atomic E-state index is 12.4. The second-order valence-corrected chi connectivity index (χ2v) is 6.28. The molecule has 4 heterocycles. The number of fused-ring (bicyclic) bond motifs is 1. The van der Waals surface area contributed by atoms with Gasteiger partial charge >= 0.3 is 0 Å². The van der Waals surface area contributed by atoms with Crippen LogP contribution >= 0.6 is 11.6 Å². The monoisotopic (exact) mass is 378 g/mol. The summed E-state index contributed by atoms with van der Waals surface area (Å²) in [5, 5.41) is 3.31. The van der Waals surface area contributed by atoms with E-state index in [1.165, 1.54) is 6.20 Å². The summed E-state index contributed by atoms with van der Waals surface area (Å²) in [5.74, 6) is -0.259. The Hall–Kier alpha value is -3.32. The Kier molecular flexibility index (Phi) is 4.76. The van der Waals surface area contributed by atoms with Crippen LogP contribution in [0.25, 0.3) is 11.2 Å². The van der Waals surface area contributed by atoms with Crippen molar-refractivity contribution in [2.45, 2.75) is 13.1 Å². The molecule has 8 heteroatoms. The van der Waals surface area contributed by atoms with Crippen LogP contribution in [0.3, 0.4) is 0 Å². The van der Waals surface area contributed by atoms with E-state index >= 15 is 0 Å². The van der Waals surface area contributed by atoms with E-state index in [-0.39, 0.29) is 12.5 Å². The molecule has 1 N–H and O–H groups in total. The molecule has 0 aliphatic rings. The standard InChI is InChI=1S/C19H15ClN6O/c20-15-5-3-7-22-17(15)10-24-19(27)13-8-16-18(23-9-13)26(12-25-16)11-14-4-1-2-6-21-14/h1-9,12H,10-11H2,(H,24,27). The molecule has 0 spiro atoms. The first-order chi connectivity index (χ1) is 13.2. The van der Waals surface area contributed by atoms with Crippen molar-refractivity contribution in [1.29, 1.82) is 0 Å². The van der Waals surface area contributed by atoms with Gasteiger partial charge in [-0.25, -0.2) is 9.97 Å². The summed E-state index contributed by atoms with van der Waals surface area (Å²) in [4.78, 5) is 29.6. The van der Waals surface area contributed by atoms with E-state index < -0.39 is 0 Å². The Morgan fingerprint density at radius 3 is 2.78 bits per heavy atom. The summed E-state index contributed by atoms with van der Waals surface area (Å²) in [5.41, 5.74) is 3.30. The average molecular weight is 379 g/mol. The van der Waals surface area contributed by atoms with Crippen LogP contribution < -0.4 is 5.32 Å². The molecular weight excluding hydrogens is 364 g/mol. The van der Waals surface area contributed by atoms with Crippen LogP contribution in [0.5, 0.6) is 0 Å².